The Morgan fingerprint density at radius 1 is 1.35 bits per heavy atom. The fourth-order valence-electron chi connectivity index (χ4n) is 2.17. The van der Waals surface area contributed by atoms with Crippen LogP contribution in [0.5, 0.6) is 0 Å². The van der Waals surface area contributed by atoms with E-state index >= 15 is 0 Å². The van der Waals surface area contributed by atoms with Gasteiger partial charge in [0.2, 0.25) is 10.0 Å². The summed E-state index contributed by atoms with van der Waals surface area (Å²) in [4.78, 5) is 0. The Morgan fingerprint density at radius 2 is 2.10 bits per heavy atom. The number of hydrogen-bond donors (Lipinski definition) is 1. The summed E-state index contributed by atoms with van der Waals surface area (Å²) in [7, 11) is -1.50. The first-order chi connectivity index (χ1) is 9.47. The highest BCUT2D eigenvalue weighted by Gasteiger charge is 2.21. The Labute approximate surface area is 122 Å². The van der Waals surface area contributed by atoms with E-state index in [1.807, 2.05) is 31.2 Å². The zero-order chi connectivity index (χ0) is 14.6. The van der Waals surface area contributed by atoms with Crippen LogP contribution in [-0.4, -0.2) is 38.1 Å². The summed E-state index contributed by atoms with van der Waals surface area (Å²) in [5.74, 6) is 0.217. The van der Waals surface area contributed by atoms with E-state index in [9.17, 15) is 8.42 Å². The summed E-state index contributed by atoms with van der Waals surface area (Å²) >= 11 is 0. The highest BCUT2D eigenvalue weighted by Crippen LogP contribution is 2.18. The van der Waals surface area contributed by atoms with E-state index in [-0.39, 0.29) is 5.75 Å². The normalized spacial score (nSPS) is 15.8. The van der Waals surface area contributed by atoms with Crippen LogP contribution in [0.1, 0.15) is 30.4 Å². The summed E-state index contributed by atoms with van der Waals surface area (Å²) in [5, 5.41) is 3.34. The van der Waals surface area contributed by atoms with Crippen molar-refractivity contribution in [3.63, 3.8) is 0 Å². The lowest BCUT2D eigenvalue weighted by atomic mass is 10.1. The summed E-state index contributed by atoms with van der Waals surface area (Å²) in [6.45, 7) is 3.25. The third-order valence-electron chi connectivity index (χ3n) is 3.55. The highest BCUT2D eigenvalue weighted by molar-refractivity contribution is 7.89. The van der Waals surface area contributed by atoms with Crippen molar-refractivity contribution in [3.05, 3.63) is 35.4 Å². The van der Waals surface area contributed by atoms with Crippen LogP contribution in [0.2, 0.25) is 0 Å². The van der Waals surface area contributed by atoms with Crippen LogP contribution in [0.25, 0.3) is 0 Å². The minimum Gasteiger partial charge on any atom is -0.314 e. The molecule has 20 heavy (non-hydrogen) atoms. The molecule has 0 atom stereocenters. The maximum absolute atomic E-state index is 12.2. The fraction of sp³-hybridized carbons (Fsp3) is 0.600. The van der Waals surface area contributed by atoms with Crippen molar-refractivity contribution in [2.24, 2.45) is 0 Å². The monoisotopic (exact) mass is 296 g/mol. The van der Waals surface area contributed by atoms with Crippen LogP contribution in [0.15, 0.2) is 24.3 Å². The van der Waals surface area contributed by atoms with Crippen LogP contribution < -0.4 is 5.32 Å². The van der Waals surface area contributed by atoms with Gasteiger partial charge in [-0.15, -0.1) is 0 Å². The molecule has 2 rings (SSSR count). The molecule has 0 aliphatic heterocycles. The van der Waals surface area contributed by atoms with Gasteiger partial charge in [-0.2, -0.15) is 0 Å². The third kappa shape index (κ3) is 4.89. The van der Waals surface area contributed by atoms with Crippen LogP contribution in [-0.2, 0) is 16.6 Å². The van der Waals surface area contributed by atoms with Crippen LogP contribution in [0, 0.1) is 6.92 Å². The Bertz CT molecular complexity index is 539. The van der Waals surface area contributed by atoms with Crippen LogP contribution >= 0.6 is 0 Å². The van der Waals surface area contributed by atoms with Gasteiger partial charge in [0.25, 0.3) is 0 Å². The highest BCUT2D eigenvalue weighted by atomic mass is 32.2. The van der Waals surface area contributed by atoms with E-state index in [2.05, 4.69) is 5.32 Å². The number of benzene rings is 1. The Hall–Kier alpha value is -0.910. The van der Waals surface area contributed by atoms with Gasteiger partial charge in [0.05, 0.1) is 5.75 Å². The SMILES string of the molecule is Cc1cccc(CN(C)S(=O)(=O)CCCNC2CC2)c1. The summed E-state index contributed by atoms with van der Waals surface area (Å²) in [6.07, 6.45) is 3.15. The van der Waals surface area contributed by atoms with Crippen molar-refractivity contribution < 1.29 is 8.42 Å². The predicted molar refractivity (Wildman–Crippen MR) is 82.1 cm³/mol. The second kappa shape index (κ2) is 6.70. The minimum absolute atomic E-state index is 0.217. The van der Waals surface area contributed by atoms with Gasteiger partial charge >= 0.3 is 0 Å². The summed E-state index contributed by atoms with van der Waals surface area (Å²) < 4.78 is 25.8. The molecule has 1 aromatic rings. The molecule has 1 N–H and O–H groups in total. The largest absolute Gasteiger partial charge is 0.314 e. The van der Waals surface area contributed by atoms with E-state index in [0.717, 1.165) is 17.7 Å². The second-order valence-corrected chi connectivity index (χ2v) is 7.84. The van der Waals surface area contributed by atoms with E-state index in [0.29, 0.717) is 19.0 Å². The van der Waals surface area contributed by atoms with Crippen molar-refractivity contribution in [1.82, 2.24) is 9.62 Å². The molecule has 0 unspecified atom stereocenters. The minimum atomic E-state index is -3.16. The van der Waals surface area contributed by atoms with Gasteiger partial charge < -0.3 is 5.32 Å². The lowest BCUT2D eigenvalue weighted by molar-refractivity contribution is 0.464. The average Bonchev–Trinajstić information content (AvgIpc) is 3.19. The summed E-state index contributed by atoms with van der Waals surface area (Å²) in [5.41, 5.74) is 2.19. The maximum Gasteiger partial charge on any atom is 0.214 e. The molecule has 1 aliphatic carbocycles. The molecule has 5 heteroatoms. The molecule has 0 amide bonds. The topological polar surface area (TPSA) is 49.4 Å². The predicted octanol–water partition coefficient (Wildman–Crippen LogP) is 1.90. The van der Waals surface area contributed by atoms with E-state index in [4.69, 9.17) is 0 Å². The third-order valence-corrected chi connectivity index (χ3v) is 5.44. The van der Waals surface area contributed by atoms with Gasteiger partial charge in [0.15, 0.2) is 0 Å². The Kier molecular flexibility index (Phi) is 5.18. The number of nitrogens with one attached hydrogen (secondary N) is 1. The average molecular weight is 296 g/mol. The van der Waals surface area contributed by atoms with Crippen molar-refractivity contribution in [2.45, 2.75) is 38.8 Å². The molecule has 1 aliphatic rings. The molecule has 1 fully saturated rings. The molecule has 112 valence electrons. The lowest BCUT2D eigenvalue weighted by Crippen LogP contribution is -2.30. The van der Waals surface area contributed by atoms with Crippen LogP contribution in [0.4, 0.5) is 0 Å². The first-order valence-electron chi connectivity index (χ1n) is 7.20. The molecular formula is C15H24N2O2S. The smallest absolute Gasteiger partial charge is 0.214 e. The van der Waals surface area contributed by atoms with Crippen molar-refractivity contribution in [3.8, 4) is 0 Å². The number of nitrogens with zero attached hydrogens (tertiary/aromatic N) is 1. The molecule has 0 spiro atoms. The van der Waals surface area contributed by atoms with Crippen LogP contribution in [0.3, 0.4) is 0 Å². The van der Waals surface area contributed by atoms with Gasteiger partial charge in [-0.1, -0.05) is 29.8 Å². The number of rotatable bonds is 8. The number of sulfonamides is 1. The quantitative estimate of drug-likeness (QED) is 0.745. The molecule has 1 saturated carbocycles. The molecule has 1 aromatic carbocycles. The van der Waals surface area contributed by atoms with Gasteiger partial charge in [0, 0.05) is 19.6 Å². The molecule has 0 heterocycles. The van der Waals surface area contributed by atoms with E-state index in [1.54, 1.807) is 7.05 Å². The van der Waals surface area contributed by atoms with Gasteiger partial charge in [0.1, 0.15) is 0 Å². The van der Waals surface area contributed by atoms with Gasteiger partial charge in [-0.3, -0.25) is 0 Å². The zero-order valence-corrected chi connectivity index (χ0v) is 13.1. The van der Waals surface area contributed by atoms with Crippen molar-refractivity contribution >= 4 is 10.0 Å². The second-order valence-electron chi connectivity index (χ2n) is 5.64. The fourth-order valence-corrected chi connectivity index (χ4v) is 3.34. The first-order valence-corrected chi connectivity index (χ1v) is 8.81. The van der Waals surface area contributed by atoms with E-state index in [1.165, 1.54) is 17.1 Å². The first kappa shape index (κ1) is 15.5. The van der Waals surface area contributed by atoms with E-state index < -0.39 is 10.0 Å². The Balaban J connectivity index is 1.80. The maximum atomic E-state index is 12.2. The molecule has 0 radical (unpaired) electrons. The molecular weight excluding hydrogens is 272 g/mol. The molecule has 0 bridgehead atoms. The molecule has 0 saturated heterocycles. The lowest BCUT2D eigenvalue weighted by Gasteiger charge is -2.17. The van der Waals surface area contributed by atoms with Crippen molar-refractivity contribution in [2.75, 3.05) is 19.3 Å². The standard InChI is InChI=1S/C15H24N2O2S/c1-13-5-3-6-14(11-13)12-17(2)20(18,19)10-4-9-16-15-7-8-15/h3,5-6,11,15-16H,4,7-10,12H2,1-2H3. The van der Waals surface area contributed by atoms with Gasteiger partial charge in [-0.25, -0.2) is 12.7 Å². The van der Waals surface area contributed by atoms with Gasteiger partial charge in [-0.05, 0) is 38.3 Å². The zero-order valence-electron chi connectivity index (χ0n) is 12.3. The van der Waals surface area contributed by atoms with Crippen molar-refractivity contribution in [1.29, 1.82) is 0 Å². The Morgan fingerprint density at radius 3 is 2.75 bits per heavy atom. The number of hydrogen-bond acceptors (Lipinski definition) is 3. The molecule has 0 aromatic heterocycles. The number of aryl methyl sites for hydroxylation is 1. The summed E-state index contributed by atoms with van der Waals surface area (Å²) in [6, 6.07) is 8.61. The molecule has 4 nitrogen and oxygen atoms in total.